The summed E-state index contributed by atoms with van der Waals surface area (Å²) >= 11 is 1.51. The molecule has 0 aliphatic carbocycles. The van der Waals surface area contributed by atoms with Crippen LogP contribution in [0.1, 0.15) is 9.67 Å². The average molecular weight is 364 g/mol. The van der Waals surface area contributed by atoms with Gasteiger partial charge in [0.1, 0.15) is 0 Å². The number of benzene rings is 2. The van der Waals surface area contributed by atoms with Crippen molar-refractivity contribution < 1.29 is 9.53 Å². The van der Waals surface area contributed by atoms with Crippen molar-refractivity contribution in [1.82, 2.24) is 0 Å². The fourth-order valence-corrected chi connectivity index (χ4v) is 3.89. The Morgan fingerprint density at radius 2 is 1.65 bits per heavy atom. The minimum atomic E-state index is -0.0729. The smallest absolute Gasteiger partial charge is 0.265 e. The Hall–Kier alpha value is -2.63. The van der Waals surface area contributed by atoms with E-state index in [1.165, 1.54) is 11.3 Å². The zero-order chi connectivity index (χ0) is 17.8. The quantitative estimate of drug-likeness (QED) is 0.741. The lowest BCUT2D eigenvalue weighted by Crippen LogP contribution is -2.36. The van der Waals surface area contributed by atoms with Crippen molar-refractivity contribution in [3.8, 4) is 10.4 Å². The van der Waals surface area contributed by atoms with E-state index in [2.05, 4.69) is 22.3 Å². The molecule has 4 rings (SSSR count). The first-order valence-corrected chi connectivity index (χ1v) is 9.51. The molecule has 26 heavy (non-hydrogen) atoms. The number of ether oxygens (including phenoxy) is 1. The van der Waals surface area contributed by atoms with Crippen LogP contribution in [0.5, 0.6) is 0 Å². The van der Waals surface area contributed by atoms with Gasteiger partial charge in [-0.2, -0.15) is 0 Å². The number of thiophene rings is 1. The monoisotopic (exact) mass is 364 g/mol. The molecular weight excluding hydrogens is 344 g/mol. The van der Waals surface area contributed by atoms with Crippen molar-refractivity contribution in [3.05, 3.63) is 71.6 Å². The van der Waals surface area contributed by atoms with Crippen molar-refractivity contribution in [2.45, 2.75) is 0 Å². The lowest BCUT2D eigenvalue weighted by atomic mass is 10.2. The van der Waals surface area contributed by atoms with Crippen LogP contribution in [-0.4, -0.2) is 32.2 Å². The SMILES string of the molecule is O=C(Nc1ccc(N2CCOCC2)cc1)c1ccc(-c2ccccc2)s1. The predicted octanol–water partition coefficient (Wildman–Crippen LogP) is 4.50. The highest BCUT2D eigenvalue weighted by molar-refractivity contribution is 7.17. The van der Waals surface area contributed by atoms with E-state index in [1.54, 1.807) is 0 Å². The largest absolute Gasteiger partial charge is 0.378 e. The van der Waals surface area contributed by atoms with E-state index in [0.717, 1.165) is 48.1 Å². The fraction of sp³-hybridized carbons (Fsp3) is 0.190. The number of nitrogens with one attached hydrogen (secondary N) is 1. The van der Waals surface area contributed by atoms with E-state index in [4.69, 9.17) is 4.74 Å². The van der Waals surface area contributed by atoms with Crippen LogP contribution in [0.25, 0.3) is 10.4 Å². The van der Waals surface area contributed by atoms with Gasteiger partial charge in [0.2, 0.25) is 0 Å². The first kappa shape index (κ1) is 16.8. The molecule has 1 N–H and O–H groups in total. The normalized spacial score (nSPS) is 14.2. The summed E-state index contributed by atoms with van der Waals surface area (Å²) in [6.45, 7) is 3.34. The van der Waals surface area contributed by atoms with Gasteiger partial charge in [0.05, 0.1) is 18.1 Å². The number of amides is 1. The summed E-state index contributed by atoms with van der Waals surface area (Å²) in [7, 11) is 0. The maximum absolute atomic E-state index is 12.5. The van der Waals surface area contributed by atoms with Gasteiger partial charge >= 0.3 is 0 Å². The van der Waals surface area contributed by atoms with Crippen molar-refractivity contribution in [2.24, 2.45) is 0 Å². The van der Waals surface area contributed by atoms with Crippen molar-refractivity contribution in [1.29, 1.82) is 0 Å². The lowest BCUT2D eigenvalue weighted by Gasteiger charge is -2.28. The molecule has 0 spiro atoms. The van der Waals surface area contributed by atoms with Crippen LogP contribution in [0.15, 0.2) is 66.7 Å². The van der Waals surface area contributed by atoms with Crippen molar-refractivity contribution in [3.63, 3.8) is 0 Å². The van der Waals surface area contributed by atoms with E-state index in [1.807, 2.05) is 54.6 Å². The van der Waals surface area contributed by atoms with E-state index < -0.39 is 0 Å². The molecule has 0 bridgehead atoms. The Bertz CT molecular complexity index is 869. The average Bonchev–Trinajstić information content (AvgIpc) is 3.20. The number of hydrogen-bond acceptors (Lipinski definition) is 4. The highest BCUT2D eigenvalue weighted by Gasteiger charge is 2.13. The van der Waals surface area contributed by atoms with Gasteiger partial charge in [0.15, 0.2) is 0 Å². The maximum atomic E-state index is 12.5. The Morgan fingerprint density at radius 3 is 2.38 bits per heavy atom. The summed E-state index contributed by atoms with van der Waals surface area (Å²) in [6, 6.07) is 22.0. The van der Waals surface area contributed by atoms with Crippen LogP contribution in [0.3, 0.4) is 0 Å². The first-order valence-electron chi connectivity index (χ1n) is 8.69. The Kier molecular flexibility index (Phi) is 5.00. The molecule has 0 atom stereocenters. The third kappa shape index (κ3) is 3.79. The molecule has 2 heterocycles. The lowest BCUT2D eigenvalue weighted by molar-refractivity contribution is 0.103. The molecule has 0 saturated carbocycles. The maximum Gasteiger partial charge on any atom is 0.265 e. The molecule has 132 valence electrons. The topological polar surface area (TPSA) is 41.6 Å². The molecule has 0 unspecified atom stereocenters. The van der Waals surface area contributed by atoms with Crippen molar-refractivity contribution in [2.75, 3.05) is 36.5 Å². The molecule has 1 aliphatic heterocycles. The molecule has 0 radical (unpaired) electrons. The Labute approximate surface area is 157 Å². The molecule has 1 amide bonds. The van der Waals surface area contributed by atoms with Gasteiger partial charge in [-0.05, 0) is 42.0 Å². The number of morpholine rings is 1. The number of carbonyl (C=O) groups excluding carboxylic acids is 1. The van der Waals surface area contributed by atoms with Crippen LogP contribution in [0, 0.1) is 0 Å². The zero-order valence-electron chi connectivity index (χ0n) is 14.4. The number of rotatable bonds is 4. The molecular formula is C21H20N2O2S. The molecule has 5 heteroatoms. The van der Waals surface area contributed by atoms with E-state index in [-0.39, 0.29) is 5.91 Å². The number of hydrogen-bond donors (Lipinski definition) is 1. The first-order chi connectivity index (χ1) is 12.8. The van der Waals surface area contributed by atoms with Gasteiger partial charge in [0, 0.05) is 29.3 Å². The second-order valence-electron chi connectivity index (χ2n) is 6.13. The van der Waals surface area contributed by atoms with Crippen molar-refractivity contribution >= 4 is 28.6 Å². The van der Waals surface area contributed by atoms with E-state index in [0.29, 0.717) is 4.88 Å². The standard InChI is InChI=1S/C21H20N2O2S/c24-21(20-11-10-19(26-20)16-4-2-1-3-5-16)22-17-6-8-18(9-7-17)23-12-14-25-15-13-23/h1-11H,12-15H2,(H,22,24). The number of nitrogens with zero attached hydrogens (tertiary/aromatic N) is 1. The summed E-state index contributed by atoms with van der Waals surface area (Å²) in [4.78, 5) is 16.6. The minimum absolute atomic E-state index is 0.0729. The second kappa shape index (κ2) is 7.72. The van der Waals surface area contributed by atoms with Crippen LogP contribution in [-0.2, 0) is 4.74 Å². The van der Waals surface area contributed by atoms with Crippen LogP contribution in [0.2, 0.25) is 0 Å². The summed E-state index contributed by atoms with van der Waals surface area (Å²) in [6.07, 6.45) is 0. The molecule has 3 aromatic rings. The van der Waals surface area contributed by atoms with Crippen LogP contribution >= 0.6 is 11.3 Å². The minimum Gasteiger partial charge on any atom is -0.378 e. The highest BCUT2D eigenvalue weighted by Crippen LogP contribution is 2.28. The Morgan fingerprint density at radius 1 is 0.923 bits per heavy atom. The molecule has 1 fully saturated rings. The number of anilines is 2. The summed E-state index contributed by atoms with van der Waals surface area (Å²) < 4.78 is 5.38. The van der Waals surface area contributed by atoms with Gasteiger partial charge < -0.3 is 15.0 Å². The number of carbonyl (C=O) groups is 1. The Balaban J connectivity index is 1.42. The van der Waals surface area contributed by atoms with E-state index >= 15 is 0 Å². The van der Waals surface area contributed by atoms with Crippen LogP contribution < -0.4 is 10.2 Å². The van der Waals surface area contributed by atoms with Gasteiger partial charge in [-0.25, -0.2) is 0 Å². The molecule has 2 aromatic carbocycles. The fourth-order valence-electron chi connectivity index (χ4n) is 2.99. The van der Waals surface area contributed by atoms with Gasteiger partial charge in [-0.3, -0.25) is 4.79 Å². The summed E-state index contributed by atoms with van der Waals surface area (Å²) in [5.41, 5.74) is 3.10. The van der Waals surface area contributed by atoms with E-state index in [9.17, 15) is 4.79 Å². The van der Waals surface area contributed by atoms with Crippen LogP contribution in [0.4, 0.5) is 11.4 Å². The van der Waals surface area contributed by atoms with Gasteiger partial charge in [0.25, 0.3) is 5.91 Å². The molecule has 4 nitrogen and oxygen atoms in total. The third-order valence-electron chi connectivity index (χ3n) is 4.39. The highest BCUT2D eigenvalue weighted by atomic mass is 32.1. The second-order valence-corrected chi connectivity index (χ2v) is 7.21. The summed E-state index contributed by atoms with van der Waals surface area (Å²) in [5.74, 6) is -0.0729. The molecule has 1 aliphatic rings. The van der Waals surface area contributed by atoms with Gasteiger partial charge in [-0.15, -0.1) is 11.3 Å². The molecule has 1 saturated heterocycles. The molecule has 1 aromatic heterocycles. The predicted molar refractivity (Wildman–Crippen MR) is 107 cm³/mol. The van der Waals surface area contributed by atoms with Gasteiger partial charge in [-0.1, -0.05) is 30.3 Å². The summed E-state index contributed by atoms with van der Waals surface area (Å²) in [5, 5.41) is 2.98. The third-order valence-corrected chi connectivity index (χ3v) is 5.52. The zero-order valence-corrected chi connectivity index (χ0v) is 15.2.